The normalized spacial score (nSPS) is 19.9. The molecular formula is C23H28FN3O4S. The van der Waals surface area contributed by atoms with Gasteiger partial charge >= 0.3 is 0 Å². The van der Waals surface area contributed by atoms with Gasteiger partial charge in [0.1, 0.15) is 11.4 Å². The molecule has 32 heavy (non-hydrogen) atoms. The van der Waals surface area contributed by atoms with Crippen molar-refractivity contribution in [1.82, 2.24) is 9.62 Å². The Bertz CT molecular complexity index is 1100. The lowest BCUT2D eigenvalue weighted by molar-refractivity contribution is -0.133. The molecule has 172 valence electrons. The summed E-state index contributed by atoms with van der Waals surface area (Å²) in [5.41, 5.74) is 0.807. The van der Waals surface area contributed by atoms with Crippen molar-refractivity contribution in [2.45, 2.75) is 38.8 Å². The molecule has 1 atom stereocenters. The fourth-order valence-corrected chi connectivity index (χ4v) is 4.62. The third kappa shape index (κ3) is 4.99. The van der Waals surface area contributed by atoms with E-state index < -0.39 is 27.4 Å². The number of hydrogen-bond donors (Lipinski definition) is 1. The third-order valence-electron chi connectivity index (χ3n) is 5.68. The van der Waals surface area contributed by atoms with Crippen molar-refractivity contribution in [3.8, 4) is 0 Å². The van der Waals surface area contributed by atoms with Crippen LogP contribution in [-0.2, 0) is 26.2 Å². The molecule has 2 aromatic rings. The number of nitrogens with zero attached hydrogens (tertiary/aromatic N) is 2. The van der Waals surface area contributed by atoms with E-state index in [0.717, 1.165) is 16.1 Å². The number of carbonyl (C=O) groups excluding carboxylic acids is 2. The Kier molecular flexibility index (Phi) is 6.71. The van der Waals surface area contributed by atoms with Gasteiger partial charge in [0.15, 0.2) is 0 Å². The van der Waals surface area contributed by atoms with Crippen LogP contribution in [0, 0.1) is 5.82 Å². The second-order valence-corrected chi connectivity index (χ2v) is 10.6. The number of halogens is 1. The second kappa shape index (κ2) is 8.99. The Morgan fingerprint density at radius 2 is 1.72 bits per heavy atom. The lowest BCUT2D eigenvalue weighted by atomic mass is 9.93. The first-order valence-electron chi connectivity index (χ1n) is 10.3. The van der Waals surface area contributed by atoms with Crippen LogP contribution in [0.4, 0.5) is 10.1 Å². The highest BCUT2D eigenvalue weighted by molar-refractivity contribution is 7.88. The SMILES string of the molecule is CC(C)c1ccc(N2C(=O)CN(S(C)(=O)=O)C[C@@]2(C)C(=O)NCc2ccc(F)cc2)cc1. The lowest BCUT2D eigenvalue weighted by Gasteiger charge is -2.46. The summed E-state index contributed by atoms with van der Waals surface area (Å²) in [5.74, 6) is -1.08. The Morgan fingerprint density at radius 3 is 2.25 bits per heavy atom. The van der Waals surface area contributed by atoms with Crippen LogP contribution >= 0.6 is 0 Å². The van der Waals surface area contributed by atoms with E-state index in [2.05, 4.69) is 19.2 Å². The first-order valence-corrected chi connectivity index (χ1v) is 12.2. The van der Waals surface area contributed by atoms with E-state index >= 15 is 0 Å². The molecule has 1 heterocycles. The van der Waals surface area contributed by atoms with Crippen molar-refractivity contribution >= 4 is 27.5 Å². The molecule has 0 aliphatic carbocycles. The van der Waals surface area contributed by atoms with Gasteiger partial charge in [-0.05, 0) is 48.2 Å². The van der Waals surface area contributed by atoms with Crippen molar-refractivity contribution in [3.63, 3.8) is 0 Å². The summed E-state index contributed by atoms with van der Waals surface area (Å²) in [6.07, 6.45) is 1.02. The minimum atomic E-state index is -3.69. The number of rotatable bonds is 6. The summed E-state index contributed by atoms with van der Waals surface area (Å²) in [6, 6.07) is 13.0. The number of hydrogen-bond acceptors (Lipinski definition) is 4. The van der Waals surface area contributed by atoms with E-state index in [1.54, 1.807) is 31.2 Å². The van der Waals surface area contributed by atoms with Crippen LogP contribution in [0.3, 0.4) is 0 Å². The highest BCUT2D eigenvalue weighted by Crippen LogP contribution is 2.31. The number of sulfonamides is 1. The van der Waals surface area contributed by atoms with Crippen LogP contribution < -0.4 is 10.2 Å². The summed E-state index contributed by atoms with van der Waals surface area (Å²) >= 11 is 0. The molecule has 7 nitrogen and oxygen atoms in total. The molecule has 1 saturated heterocycles. The predicted octanol–water partition coefficient (Wildman–Crippen LogP) is 2.63. The van der Waals surface area contributed by atoms with E-state index in [-0.39, 0.29) is 25.5 Å². The summed E-state index contributed by atoms with van der Waals surface area (Å²) in [7, 11) is -3.69. The first kappa shape index (κ1) is 23.9. The molecule has 0 unspecified atom stereocenters. The van der Waals surface area contributed by atoms with Gasteiger partial charge in [0.2, 0.25) is 21.8 Å². The monoisotopic (exact) mass is 461 g/mol. The Labute approximate surface area is 188 Å². The molecule has 1 fully saturated rings. The van der Waals surface area contributed by atoms with Crippen molar-refractivity contribution < 1.29 is 22.4 Å². The molecule has 0 aromatic heterocycles. The maximum absolute atomic E-state index is 13.3. The van der Waals surface area contributed by atoms with Gasteiger partial charge in [0.05, 0.1) is 12.8 Å². The zero-order chi connectivity index (χ0) is 23.7. The lowest BCUT2D eigenvalue weighted by Crippen LogP contribution is -2.70. The highest BCUT2D eigenvalue weighted by atomic mass is 32.2. The first-order chi connectivity index (χ1) is 14.9. The van der Waals surface area contributed by atoms with Gasteiger partial charge in [-0.25, -0.2) is 12.8 Å². The van der Waals surface area contributed by atoms with Gasteiger partial charge in [-0.15, -0.1) is 0 Å². The zero-order valence-electron chi connectivity index (χ0n) is 18.6. The van der Waals surface area contributed by atoms with Gasteiger partial charge in [-0.3, -0.25) is 14.5 Å². The minimum Gasteiger partial charge on any atom is -0.350 e. The maximum atomic E-state index is 13.3. The standard InChI is InChI=1S/C23H28FN3O4S/c1-16(2)18-7-11-20(12-8-18)27-21(28)14-26(32(4,30)31)15-23(27,3)22(29)25-13-17-5-9-19(24)10-6-17/h5-12,16H,13-15H2,1-4H3,(H,25,29)/t23-/m0/s1. The van der Waals surface area contributed by atoms with E-state index in [1.165, 1.54) is 17.0 Å². The number of nitrogens with one attached hydrogen (secondary N) is 1. The highest BCUT2D eigenvalue weighted by Gasteiger charge is 2.50. The second-order valence-electron chi connectivity index (χ2n) is 8.59. The molecule has 0 radical (unpaired) electrons. The number of benzene rings is 2. The largest absolute Gasteiger partial charge is 0.350 e. The summed E-state index contributed by atoms with van der Waals surface area (Å²) in [5, 5.41) is 2.77. The van der Waals surface area contributed by atoms with Crippen molar-refractivity contribution in [2.75, 3.05) is 24.2 Å². The van der Waals surface area contributed by atoms with Gasteiger partial charge in [0.25, 0.3) is 0 Å². The zero-order valence-corrected chi connectivity index (χ0v) is 19.4. The Morgan fingerprint density at radius 1 is 1.12 bits per heavy atom. The molecule has 0 bridgehead atoms. The van der Waals surface area contributed by atoms with Crippen molar-refractivity contribution in [2.24, 2.45) is 0 Å². The van der Waals surface area contributed by atoms with E-state index in [4.69, 9.17) is 0 Å². The molecule has 9 heteroatoms. The number of amides is 2. The average Bonchev–Trinajstić information content (AvgIpc) is 2.72. The Balaban J connectivity index is 1.94. The van der Waals surface area contributed by atoms with Crippen molar-refractivity contribution in [1.29, 1.82) is 0 Å². The minimum absolute atomic E-state index is 0.113. The molecule has 0 spiro atoms. The quantitative estimate of drug-likeness (QED) is 0.717. The van der Waals surface area contributed by atoms with Crippen LogP contribution in [0.2, 0.25) is 0 Å². The molecule has 3 rings (SSSR count). The number of piperazine rings is 1. The molecule has 2 amide bonds. The van der Waals surface area contributed by atoms with Gasteiger partial charge in [-0.2, -0.15) is 4.31 Å². The van der Waals surface area contributed by atoms with Gasteiger partial charge < -0.3 is 5.32 Å². The van der Waals surface area contributed by atoms with Crippen LogP contribution in [0.1, 0.15) is 37.8 Å². The van der Waals surface area contributed by atoms with Crippen LogP contribution in [-0.4, -0.2) is 49.4 Å². The fourth-order valence-electron chi connectivity index (χ4n) is 3.79. The van der Waals surface area contributed by atoms with E-state index in [0.29, 0.717) is 17.2 Å². The van der Waals surface area contributed by atoms with Crippen LogP contribution in [0.15, 0.2) is 48.5 Å². The van der Waals surface area contributed by atoms with Gasteiger partial charge in [0, 0.05) is 18.8 Å². The summed E-state index contributed by atoms with van der Waals surface area (Å²) in [6.45, 7) is 5.25. The van der Waals surface area contributed by atoms with Crippen molar-refractivity contribution in [3.05, 3.63) is 65.5 Å². The topological polar surface area (TPSA) is 86.8 Å². The number of anilines is 1. The maximum Gasteiger partial charge on any atom is 0.247 e. The van der Waals surface area contributed by atoms with Crippen LogP contribution in [0.5, 0.6) is 0 Å². The molecule has 1 aliphatic rings. The number of carbonyl (C=O) groups is 2. The Hall–Kier alpha value is -2.78. The molecule has 0 saturated carbocycles. The average molecular weight is 462 g/mol. The molecule has 1 N–H and O–H groups in total. The molecule has 1 aliphatic heterocycles. The fraction of sp³-hybridized carbons (Fsp3) is 0.391. The smallest absolute Gasteiger partial charge is 0.247 e. The molecular weight excluding hydrogens is 433 g/mol. The predicted molar refractivity (Wildman–Crippen MR) is 121 cm³/mol. The van der Waals surface area contributed by atoms with E-state index in [1.807, 2.05) is 12.1 Å². The summed E-state index contributed by atoms with van der Waals surface area (Å²) in [4.78, 5) is 27.8. The van der Waals surface area contributed by atoms with Crippen LogP contribution in [0.25, 0.3) is 0 Å². The van der Waals surface area contributed by atoms with Gasteiger partial charge in [-0.1, -0.05) is 38.1 Å². The summed E-state index contributed by atoms with van der Waals surface area (Å²) < 4.78 is 38.6. The van der Waals surface area contributed by atoms with E-state index in [9.17, 15) is 22.4 Å². The third-order valence-corrected chi connectivity index (χ3v) is 6.88. The molecule has 2 aromatic carbocycles.